The molecule has 0 N–H and O–H groups in total. The molecule has 0 spiro atoms. The second kappa shape index (κ2) is 5.46. The van der Waals surface area contributed by atoms with Crippen molar-refractivity contribution in [1.29, 1.82) is 0 Å². The van der Waals surface area contributed by atoms with Gasteiger partial charge in [-0.2, -0.15) is 0 Å². The van der Waals surface area contributed by atoms with E-state index in [-0.39, 0.29) is 0 Å². The number of hydrogen-bond acceptors (Lipinski definition) is 1. The summed E-state index contributed by atoms with van der Waals surface area (Å²) >= 11 is 6.93. The number of rotatable bonds is 2. The minimum atomic E-state index is 0.552. The molecule has 0 fully saturated rings. The smallest absolute Gasteiger partial charge is 0.0716 e. The van der Waals surface area contributed by atoms with Gasteiger partial charge in [0.1, 0.15) is 0 Å². The zero-order valence-corrected chi connectivity index (χ0v) is 7.64. The van der Waals surface area contributed by atoms with Gasteiger partial charge in [0.25, 0.3) is 0 Å². The van der Waals surface area contributed by atoms with Crippen LogP contribution < -0.4 is 0 Å². The molecule has 0 saturated heterocycles. The number of hydrogen-bond donors (Lipinski definition) is 0. The molecular formula is C8H9ClS. The van der Waals surface area contributed by atoms with Crippen LogP contribution >= 0.6 is 23.4 Å². The van der Waals surface area contributed by atoms with Gasteiger partial charge in [0, 0.05) is 0 Å². The summed E-state index contributed by atoms with van der Waals surface area (Å²) in [6.45, 7) is 7.26. The molecule has 0 nitrogen and oxygen atoms in total. The SMILES string of the molecule is C=C(Cl)S/C(C#CC)=C\C. The van der Waals surface area contributed by atoms with Crippen molar-refractivity contribution in [3.8, 4) is 11.8 Å². The number of allylic oxidation sites excluding steroid dienone is 2. The van der Waals surface area contributed by atoms with E-state index in [9.17, 15) is 0 Å². The van der Waals surface area contributed by atoms with Crippen molar-refractivity contribution in [2.45, 2.75) is 13.8 Å². The molecule has 2 heteroatoms. The third kappa shape index (κ3) is 4.55. The second-order valence-electron chi connectivity index (χ2n) is 1.49. The van der Waals surface area contributed by atoms with Crippen molar-refractivity contribution in [2.75, 3.05) is 0 Å². The van der Waals surface area contributed by atoms with Crippen LogP contribution in [0.4, 0.5) is 0 Å². The molecule has 0 radical (unpaired) electrons. The van der Waals surface area contributed by atoms with E-state index in [1.807, 2.05) is 13.0 Å². The molecule has 0 aliphatic carbocycles. The fourth-order valence-corrected chi connectivity index (χ4v) is 1.16. The van der Waals surface area contributed by atoms with Crippen LogP contribution in [-0.4, -0.2) is 0 Å². The summed E-state index contributed by atoms with van der Waals surface area (Å²) in [5.74, 6) is 5.68. The quantitative estimate of drug-likeness (QED) is 0.576. The summed E-state index contributed by atoms with van der Waals surface area (Å²) in [5, 5.41) is 0. The van der Waals surface area contributed by atoms with Crippen LogP contribution in [0.1, 0.15) is 13.8 Å². The Balaban J connectivity index is 4.07. The van der Waals surface area contributed by atoms with Crippen molar-refractivity contribution >= 4 is 23.4 Å². The number of thioether (sulfide) groups is 1. The van der Waals surface area contributed by atoms with E-state index in [1.54, 1.807) is 6.92 Å². The van der Waals surface area contributed by atoms with Crippen LogP contribution in [0.2, 0.25) is 0 Å². The molecule has 0 aromatic carbocycles. The summed E-state index contributed by atoms with van der Waals surface area (Å²) in [5.41, 5.74) is 0. The molecule has 10 heavy (non-hydrogen) atoms. The van der Waals surface area contributed by atoms with Crippen molar-refractivity contribution in [2.24, 2.45) is 0 Å². The van der Waals surface area contributed by atoms with Gasteiger partial charge in [-0.15, -0.1) is 5.92 Å². The van der Waals surface area contributed by atoms with Gasteiger partial charge < -0.3 is 0 Å². The summed E-state index contributed by atoms with van der Waals surface area (Å²) in [4.78, 5) is 0.947. The van der Waals surface area contributed by atoms with Crippen molar-refractivity contribution < 1.29 is 0 Å². The molecular weight excluding hydrogens is 164 g/mol. The first-order valence-electron chi connectivity index (χ1n) is 2.82. The third-order valence-corrected chi connectivity index (χ3v) is 1.74. The fraction of sp³-hybridized carbons (Fsp3) is 0.250. The maximum atomic E-state index is 5.55. The van der Waals surface area contributed by atoms with Gasteiger partial charge in [0.05, 0.1) is 9.27 Å². The van der Waals surface area contributed by atoms with E-state index in [1.165, 1.54) is 11.8 Å². The summed E-state index contributed by atoms with van der Waals surface area (Å²) < 4.78 is 0.552. The predicted octanol–water partition coefficient (Wildman–Crippen LogP) is 3.36. The lowest BCUT2D eigenvalue weighted by molar-refractivity contribution is 1.73. The molecule has 0 bridgehead atoms. The molecule has 0 aromatic heterocycles. The Labute approximate surface area is 71.3 Å². The van der Waals surface area contributed by atoms with Gasteiger partial charge in [-0.05, 0) is 13.8 Å². The first-order valence-corrected chi connectivity index (χ1v) is 4.01. The first-order chi connectivity index (χ1) is 4.70. The van der Waals surface area contributed by atoms with E-state index in [0.29, 0.717) is 4.36 Å². The minimum absolute atomic E-state index is 0.552. The van der Waals surface area contributed by atoms with Gasteiger partial charge in [-0.25, -0.2) is 0 Å². The van der Waals surface area contributed by atoms with Crippen molar-refractivity contribution in [3.63, 3.8) is 0 Å². The Hall–Kier alpha value is -0.320. The maximum absolute atomic E-state index is 5.55. The molecule has 0 aliphatic rings. The summed E-state index contributed by atoms with van der Waals surface area (Å²) in [6.07, 6.45) is 1.91. The van der Waals surface area contributed by atoms with Crippen molar-refractivity contribution in [1.82, 2.24) is 0 Å². The van der Waals surface area contributed by atoms with Crippen LogP contribution in [0.15, 0.2) is 21.9 Å². The van der Waals surface area contributed by atoms with E-state index in [2.05, 4.69) is 18.4 Å². The molecule has 0 saturated carbocycles. The lowest BCUT2D eigenvalue weighted by atomic mass is 10.5. The van der Waals surface area contributed by atoms with E-state index in [4.69, 9.17) is 11.6 Å². The van der Waals surface area contributed by atoms with Crippen LogP contribution in [0, 0.1) is 11.8 Å². The minimum Gasteiger partial charge on any atom is -0.101 e. The first kappa shape index (κ1) is 9.68. The Kier molecular flexibility index (Phi) is 5.29. The Morgan fingerprint density at radius 2 is 2.30 bits per heavy atom. The lowest BCUT2D eigenvalue weighted by Gasteiger charge is -1.92. The zero-order chi connectivity index (χ0) is 7.98. The average molecular weight is 173 g/mol. The number of halogens is 1. The highest BCUT2D eigenvalue weighted by Crippen LogP contribution is 2.25. The molecule has 0 aromatic rings. The normalized spacial score (nSPS) is 10.1. The van der Waals surface area contributed by atoms with E-state index >= 15 is 0 Å². The summed E-state index contributed by atoms with van der Waals surface area (Å²) in [7, 11) is 0. The van der Waals surface area contributed by atoms with Gasteiger partial charge >= 0.3 is 0 Å². The highest BCUT2D eigenvalue weighted by atomic mass is 35.5. The maximum Gasteiger partial charge on any atom is 0.0716 e. The highest BCUT2D eigenvalue weighted by molar-refractivity contribution is 8.08. The van der Waals surface area contributed by atoms with Gasteiger partial charge in [-0.1, -0.05) is 41.9 Å². The lowest BCUT2D eigenvalue weighted by Crippen LogP contribution is -1.67. The highest BCUT2D eigenvalue weighted by Gasteiger charge is 1.92. The van der Waals surface area contributed by atoms with Gasteiger partial charge in [0.2, 0.25) is 0 Å². The molecule has 0 amide bonds. The molecule has 0 unspecified atom stereocenters. The zero-order valence-electron chi connectivity index (χ0n) is 6.07. The second-order valence-corrected chi connectivity index (χ2v) is 3.30. The Bertz CT molecular complexity index is 205. The van der Waals surface area contributed by atoms with Crippen LogP contribution in [-0.2, 0) is 0 Å². The molecule has 0 rings (SSSR count). The molecule has 0 atom stereocenters. The van der Waals surface area contributed by atoms with Crippen LogP contribution in [0.5, 0.6) is 0 Å². The topological polar surface area (TPSA) is 0 Å². The van der Waals surface area contributed by atoms with Gasteiger partial charge in [0.15, 0.2) is 0 Å². The molecule has 0 aliphatic heterocycles. The summed E-state index contributed by atoms with van der Waals surface area (Å²) in [6, 6.07) is 0. The molecule has 0 heterocycles. The van der Waals surface area contributed by atoms with Gasteiger partial charge in [-0.3, -0.25) is 0 Å². The predicted molar refractivity (Wildman–Crippen MR) is 49.8 cm³/mol. The van der Waals surface area contributed by atoms with Crippen LogP contribution in [0.3, 0.4) is 0 Å². The fourth-order valence-electron chi connectivity index (χ4n) is 0.399. The Morgan fingerprint density at radius 1 is 1.70 bits per heavy atom. The Morgan fingerprint density at radius 3 is 2.60 bits per heavy atom. The third-order valence-electron chi connectivity index (χ3n) is 0.731. The average Bonchev–Trinajstić information content (AvgIpc) is 1.86. The van der Waals surface area contributed by atoms with Crippen LogP contribution in [0.25, 0.3) is 0 Å². The monoisotopic (exact) mass is 172 g/mol. The van der Waals surface area contributed by atoms with E-state index < -0.39 is 0 Å². The largest absolute Gasteiger partial charge is 0.101 e. The standard InChI is InChI=1S/C8H9ClS/c1-4-6-8(5-2)10-7(3)9/h5H,3H2,1-2H3/b8-5-. The van der Waals surface area contributed by atoms with Crippen molar-refractivity contribution in [3.05, 3.63) is 21.9 Å². The molecule has 54 valence electrons. The van der Waals surface area contributed by atoms with E-state index in [0.717, 1.165) is 4.91 Å².